The molecule has 0 spiro atoms. The van der Waals surface area contributed by atoms with E-state index in [-0.39, 0.29) is 11.7 Å². The van der Waals surface area contributed by atoms with Crippen LogP contribution in [0.4, 0.5) is 4.39 Å². The van der Waals surface area contributed by atoms with E-state index in [1.165, 1.54) is 12.1 Å². The number of rotatable bonds is 5. The van der Waals surface area contributed by atoms with Crippen LogP contribution in [0, 0.1) is 5.82 Å². The topological polar surface area (TPSA) is 33.2 Å². The highest BCUT2D eigenvalue weighted by Crippen LogP contribution is 2.27. The molecule has 3 aromatic rings. The molecular formula is C19H17FN2OS. The van der Waals surface area contributed by atoms with Gasteiger partial charge in [-0.05, 0) is 41.3 Å². The summed E-state index contributed by atoms with van der Waals surface area (Å²) in [6.07, 6.45) is 2.01. The summed E-state index contributed by atoms with van der Waals surface area (Å²) >= 11 is 1.55. The van der Waals surface area contributed by atoms with Crippen LogP contribution in [0.3, 0.4) is 0 Å². The fourth-order valence-corrected chi connectivity index (χ4v) is 3.33. The number of hydrogen-bond donors (Lipinski definition) is 0. The van der Waals surface area contributed by atoms with Crippen molar-refractivity contribution in [2.45, 2.75) is 12.5 Å². The van der Waals surface area contributed by atoms with Crippen molar-refractivity contribution in [1.29, 1.82) is 0 Å². The molecule has 0 fully saturated rings. The minimum absolute atomic E-state index is 0.0302. The number of carbonyl (C=O) groups excluding carboxylic acids is 1. The first-order valence-electron chi connectivity index (χ1n) is 7.59. The maximum absolute atomic E-state index is 13.7. The minimum Gasteiger partial charge on any atom is -0.333 e. The van der Waals surface area contributed by atoms with Crippen LogP contribution >= 0.6 is 11.3 Å². The lowest BCUT2D eigenvalue weighted by molar-refractivity contribution is -0.130. The van der Waals surface area contributed by atoms with Gasteiger partial charge in [-0.15, -0.1) is 11.3 Å². The third kappa shape index (κ3) is 3.68. The van der Waals surface area contributed by atoms with Gasteiger partial charge in [0.2, 0.25) is 5.91 Å². The molecule has 3 rings (SSSR count). The summed E-state index contributed by atoms with van der Waals surface area (Å²) in [5.74, 6) is -0.357. The summed E-state index contributed by atoms with van der Waals surface area (Å²) in [6, 6.07) is 15.3. The second-order valence-electron chi connectivity index (χ2n) is 5.47. The van der Waals surface area contributed by atoms with E-state index in [2.05, 4.69) is 4.98 Å². The Labute approximate surface area is 144 Å². The van der Waals surface area contributed by atoms with Crippen molar-refractivity contribution in [3.63, 3.8) is 0 Å². The molecule has 0 saturated heterocycles. The van der Waals surface area contributed by atoms with E-state index in [4.69, 9.17) is 0 Å². The van der Waals surface area contributed by atoms with Crippen LogP contribution in [0.5, 0.6) is 0 Å². The second kappa shape index (κ2) is 7.36. The molecule has 0 bridgehead atoms. The van der Waals surface area contributed by atoms with Crippen LogP contribution in [0.25, 0.3) is 0 Å². The van der Waals surface area contributed by atoms with E-state index >= 15 is 0 Å². The van der Waals surface area contributed by atoms with Crippen molar-refractivity contribution >= 4 is 17.2 Å². The van der Waals surface area contributed by atoms with Crippen LogP contribution in [0.15, 0.2) is 66.2 Å². The van der Waals surface area contributed by atoms with Gasteiger partial charge in [0, 0.05) is 18.1 Å². The maximum atomic E-state index is 13.7. The predicted octanol–water partition coefficient (Wildman–Crippen LogP) is 4.07. The van der Waals surface area contributed by atoms with Gasteiger partial charge in [0.1, 0.15) is 5.82 Å². The lowest BCUT2D eigenvalue weighted by Crippen LogP contribution is -2.33. The number of carbonyl (C=O) groups is 1. The molecule has 0 saturated carbocycles. The Bertz CT molecular complexity index is 805. The Kier molecular flexibility index (Phi) is 5.01. The van der Waals surface area contributed by atoms with E-state index < -0.39 is 6.04 Å². The quantitative estimate of drug-likeness (QED) is 0.701. The molecule has 2 aromatic heterocycles. The first-order chi connectivity index (χ1) is 11.6. The number of benzene rings is 1. The number of hydrogen-bond acceptors (Lipinski definition) is 3. The van der Waals surface area contributed by atoms with E-state index in [9.17, 15) is 9.18 Å². The van der Waals surface area contributed by atoms with Gasteiger partial charge in [-0.25, -0.2) is 4.39 Å². The molecule has 0 N–H and O–H groups in total. The highest BCUT2D eigenvalue weighted by molar-refractivity contribution is 7.10. The SMILES string of the molecule is CN(C(=O)Cc1cccs1)C(c1cccc(F)c1)c1ccccn1. The molecule has 0 radical (unpaired) electrons. The van der Waals surface area contributed by atoms with E-state index in [1.54, 1.807) is 35.5 Å². The first-order valence-corrected chi connectivity index (χ1v) is 8.47. The molecule has 24 heavy (non-hydrogen) atoms. The molecule has 122 valence electrons. The molecule has 2 heterocycles. The normalized spacial score (nSPS) is 11.9. The van der Waals surface area contributed by atoms with Gasteiger partial charge in [-0.1, -0.05) is 24.3 Å². The van der Waals surface area contributed by atoms with Gasteiger partial charge in [-0.2, -0.15) is 0 Å². The monoisotopic (exact) mass is 340 g/mol. The summed E-state index contributed by atoms with van der Waals surface area (Å²) in [4.78, 5) is 19.7. The molecule has 1 unspecified atom stereocenters. The lowest BCUT2D eigenvalue weighted by Gasteiger charge is -2.28. The summed E-state index contributed by atoms with van der Waals surface area (Å²) in [7, 11) is 1.74. The Morgan fingerprint density at radius 2 is 2.08 bits per heavy atom. The zero-order chi connectivity index (χ0) is 16.9. The third-order valence-electron chi connectivity index (χ3n) is 3.82. The Balaban J connectivity index is 1.93. The third-order valence-corrected chi connectivity index (χ3v) is 4.69. The number of amides is 1. The zero-order valence-electron chi connectivity index (χ0n) is 13.2. The fourth-order valence-electron chi connectivity index (χ4n) is 2.64. The fraction of sp³-hybridized carbons (Fsp3) is 0.158. The molecule has 0 aliphatic heterocycles. The van der Waals surface area contributed by atoms with Crippen molar-refractivity contribution in [2.75, 3.05) is 7.05 Å². The van der Waals surface area contributed by atoms with Crippen LogP contribution < -0.4 is 0 Å². The smallest absolute Gasteiger partial charge is 0.228 e. The largest absolute Gasteiger partial charge is 0.333 e. The van der Waals surface area contributed by atoms with Gasteiger partial charge < -0.3 is 4.90 Å². The second-order valence-corrected chi connectivity index (χ2v) is 6.51. The Morgan fingerprint density at radius 3 is 2.75 bits per heavy atom. The average molecular weight is 340 g/mol. The predicted molar refractivity (Wildman–Crippen MR) is 93.3 cm³/mol. The first kappa shape index (κ1) is 16.3. The molecule has 0 aliphatic carbocycles. The number of pyridine rings is 1. The molecule has 0 aliphatic rings. The summed E-state index contributed by atoms with van der Waals surface area (Å²) < 4.78 is 13.7. The van der Waals surface area contributed by atoms with Gasteiger partial charge in [0.25, 0.3) is 0 Å². The zero-order valence-corrected chi connectivity index (χ0v) is 14.0. The van der Waals surface area contributed by atoms with Gasteiger partial charge in [0.15, 0.2) is 0 Å². The van der Waals surface area contributed by atoms with Crippen LogP contribution in [0.2, 0.25) is 0 Å². The van der Waals surface area contributed by atoms with Crippen molar-refractivity contribution in [2.24, 2.45) is 0 Å². The van der Waals surface area contributed by atoms with Crippen molar-refractivity contribution in [3.05, 3.63) is 88.1 Å². The maximum Gasteiger partial charge on any atom is 0.228 e. The molecule has 1 aromatic carbocycles. The van der Waals surface area contributed by atoms with E-state index in [1.807, 2.05) is 41.8 Å². The van der Waals surface area contributed by atoms with Crippen LogP contribution in [-0.4, -0.2) is 22.8 Å². The van der Waals surface area contributed by atoms with Crippen LogP contribution in [-0.2, 0) is 11.2 Å². The lowest BCUT2D eigenvalue weighted by atomic mass is 10.0. The van der Waals surface area contributed by atoms with Crippen molar-refractivity contribution in [1.82, 2.24) is 9.88 Å². The Morgan fingerprint density at radius 1 is 1.21 bits per heavy atom. The molecule has 1 amide bonds. The van der Waals surface area contributed by atoms with Crippen molar-refractivity contribution < 1.29 is 9.18 Å². The van der Waals surface area contributed by atoms with Gasteiger partial charge >= 0.3 is 0 Å². The number of halogens is 1. The van der Waals surface area contributed by atoms with Crippen LogP contribution in [0.1, 0.15) is 22.2 Å². The Hall–Kier alpha value is -2.53. The molecule has 1 atom stereocenters. The van der Waals surface area contributed by atoms with Gasteiger partial charge in [-0.3, -0.25) is 9.78 Å². The highest BCUT2D eigenvalue weighted by Gasteiger charge is 2.25. The average Bonchev–Trinajstić information content (AvgIpc) is 3.09. The summed E-state index contributed by atoms with van der Waals surface area (Å²) in [5, 5.41) is 1.95. The standard InChI is InChI=1S/C19H17FN2OS/c1-22(18(23)13-16-8-5-11-24-16)19(17-9-2-3-10-21-17)14-6-4-7-15(20)12-14/h2-12,19H,13H2,1H3. The number of thiophene rings is 1. The summed E-state index contributed by atoms with van der Waals surface area (Å²) in [6.45, 7) is 0. The minimum atomic E-state index is -0.422. The van der Waals surface area contributed by atoms with E-state index in [0.717, 1.165) is 4.88 Å². The summed E-state index contributed by atoms with van der Waals surface area (Å²) in [5.41, 5.74) is 1.42. The number of likely N-dealkylation sites (N-methyl/N-ethyl adjacent to an activating group) is 1. The molecule has 3 nitrogen and oxygen atoms in total. The number of aromatic nitrogens is 1. The van der Waals surface area contributed by atoms with Gasteiger partial charge in [0.05, 0.1) is 18.2 Å². The molecule has 5 heteroatoms. The molecular weight excluding hydrogens is 323 g/mol. The van der Waals surface area contributed by atoms with E-state index in [0.29, 0.717) is 17.7 Å². The highest BCUT2D eigenvalue weighted by atomic mass is 32.1. The number of nitrogens with zero attached hydrogens (tertiary/aromatic N) is 2. The van der Waals surface area contributed by atoms with Crippen molar-refractivity contribution in [3.8, 4) is 0 Å².